The third kappa shape index (κ3) is 2.46. The van der Waals surface area contributed by atoms with Gasteiger partial charge in [0.2, 0.25) is 0 Å². The molecule has 2 aromatic rings. The van der Waals surface area contributed by atoms with Crippen LogP contribution in [-0.2, 0) is 27.1 Å². The largest absolute Gasteiger partial charge is 0.337 e. The fraction of sp³-hybridized carbons (Fsp3) is 0.500. The molecule has 0 saturated heterocycles. The molecule has 0 aliphatic carbocycles. The van der Waals surface area contributed by atoms with Gasteiger partial charge in [0.05, 0.1) is 6.54 Å². The maximum atomic E-state index is 4.24. The first-order chi connectivity index (χ1) is 7.77. The van der Waals surface area contributed by atoms with E-state index in [-0.39, 0.29) is 0 Å². The molecule has 0 aliphatic rings. The Kier molecular flexibility index (Phi) is 3.31. The summed E-state index contributed by atoms with van der Waals surface area (Å²) in [6.07, 6.45) is 6.34. The number of aryl methyl sites for hydroxylation is 2. The minimum atomic E-state index is 0.779. The molecule has 0 amide bonds. The van der Waals surface area contributed by atoms with Crippen LogP contribution in [0.1, 0.15) is 11.6 Å². The lowest BCUT2D eigenvalue weighted by Crippen LogP contribution is -2.20. The molecule has 0 bridgehead atoms. The number of imidazole rings is 1. The van der Waals surface area contributed by atoms with Crippen molar-refractivity contribution < 1.29 is 0 Å². The first-order valence-corrected chi connectivity index (χ1v) is 5.27. The van der Waals surface area contributed by atoms with Gasteiger partial charge in [0.1, 0.15) is 18.0 Å². The summed E-state index contributed by atoms with van der Waals surface area (Å²) in [6.45, 7) is 1.65. The molecule has 16 heavy (non-hydrogen) atoms. The van der Waals surface area contributed by atoms with Crippen molar-refractivity contribution >= 4 is 0 Å². The Labute approximate surface area is 94.3 Å². The van der Waals surface area contributed by atoms with Gasteiger partial charge in [-0.3, -0.25) is 0 Å². The fourth-order valence-electron chi connectivity index (χ4n) is 1.50. The minimum absolute atomic E-state index is 0.779. The second kappa shape index (κ2) is 4.89. The maximum absolute atomic E-state index is 4.24. The van der Waals surface area contributed by atoms with Crippen molar-refractivity contribution in [2.45, 2.75) is 13.0 Å². The second-order valence-corrected chi connectivity index (χ2v) is 3.74. The summed E-state index contributed by atoms with van der Waals surface area (Å²) < 4.78 is 3.94. The Hall–Kier alpha value is -1.69. The Balaban J connectivity index is 1.74. The molecule has 2 heterocycles. The Morgan fingerprint density at radius 2 is 2.12 bits per heavy atom. The molecule has 0 unspecified atom stereocenters. The van der Waals surface area contributed by atoms with Crippen molar-refractivity contribution in [3.8, 4) is 0 Å². The van der Waals surface area contributed by atoms with Crippen molar-refractivity contribution in [1.29, 1.82) is 0 Å². The maximum Gasteiger partial charge on any atom is 0.133 e. The number of hydrogen-bond acceptors (Lipinski definition) is 4. The van der Waals surface area contributed by atoms with Gasteiger partial charge in [-0.15, -0.1) is 10.2 Å². The standard InChI is InChI=1S/C10H16N6/c1-15-6-5-12-10(15)7-11-4-3-9-14-13-8-16(9)2/h5-6,8,11H,3-4,7H2,1-2H3. The van der Waals surface area contributed by atoms with E-state index in [4.69, 9.17) is 0 Å². The number of nitrogens with zero attached hydrogens (tertiary/aromatic N) is 5. The first-order valence-electron chi connectivity index (χ1n) is 5.27. The number of aromatic nitrogens is 5. The molecule has 0 aliphatic heterocycles. The topological polar surface area (TPSA) is 60.6 Å². The van der Waals surface area contributed by atoms with E-state index >= 15 is 0 Å². The zero-order valence-corrected chi connectivity index (χ0v) is 9.59. The van der Waals surface area contributed by atoms with Crippen LogP contribution in [0, 0.1) is 0 Å². The van der Waals surface area contributed by atoms with Gasteiger partial charge in [-0.2, -0.15) is 0 Å². The van der Waals surface area contributed by atoms with Crippen LogP contribution < -0.4 is 5.32 Å². The third-order valence-electron chi connectivity index (χ3n) is 2.53. The van der Waals surface area contributed by atoms with Crippen molar-refractivity contribution in [1.82, 2.24) is 29.6 Å². The predicted octanol–water partition coefficient (Wildman–Crippen LogP) is -0.119. The summed E-state index contributed by atoms with van der Waals surface area (Å²) in [6, 6.07) is 0. The average molecular weight is 220 g/mol. The van der Waals surface area contributed by atoms with Crippen LogP contribution >= 0.6 is 0 Å². The van der Waals surface area contributed by atoms with Crippen LogP contribution in [-0.4, -0.2) is 30.9 Å². The van der Waals surface area contributed by atoms with E-state index in [2.05, 4.69) is 20.5 Å². The zero-order valence-electron chi connectivity index (χ0n) is 9.59. The van der Waals surface area contributed by atoms with Gasteiger partial charge in [-0.25, -0.2) is 4.98 Å². The highest BCUT2D eigenvalue weighted by Crippen LogP contribution is 1.94. The summed E-state index contributed by atoms with van der Waals surface area (Å²) in [7, 11) is 3.95. The van der Waals surface area contributed by atoms with Crippen LogP contribution in [0.2, 0.25) is 0 Å². The number of nitrogens with one attached hydrogen (secondary N) is 1. The molecule has 0 saturated carbocycles. The van der Waals surface area contributed by atoms with Gasteiger partial charge in [0.25, 0.3) is 0 Å². The molecule has 0 atom stereocenters. The summed E-state index contributed by atoms with van der Waals surface area (Å²) in [5.41, 5.74) is 0. The lowest BCUT2D eigenvalue weighted by molar-refractivity contribution is 0.619. The van der Waals surface area contributed by atoms with Crippen LogP contribution in [0.25, 0.3) is 0 Å². The number of rotatable bonds is 5. The molecule has 0 aromatic carbocycles. The zero-order chi connectivity index (χ0) is 11.4. The van der Waals surface area contributed by atoms with E-state index in [1.165, 1.54) is 0 Å². The Morgan fingerprint density at radius 1 is 1.25 bits per heavy atom. The van der Waals surface area contributed by atoms with Gasteiger partial charge in [-0.05, 0) is 0 Å². The highest BCUT2D eigenvalue weighted by molar-refractivity contribution is 4.91. The van der Waals surface area contributed by atoms with Gasteiger partial charge in [-0.1, -0.05) is 0 Å². The lowest BCUT2D eigenvalue weighted by atomic mass is 10.4. The summed E-state index contributed by atoms with van der Waals surface area (Å²) >= 11 is 0. The molecule has 2 aromatic heterocycles. The third-order valence-corrected chi connectivity index (χ3v) is 2.53. The smallest absolute Gasteiger partial charge is 0.133 e. The highest BCUT2D eigenvalue weighted by atomic mass is 15.2. The molecule has 6 nitrogen and oxygen atoms in total. The quantitative estimate of drug-likeness (QED) is 0.714. The van der Waals surface area contributed by atoms with Crippen molar-refractivity contribution in [2.75, 3.05) is 6.54 Å². The lowest BCUT2D eigenvalue weighted by Gasteiger charge is -2.04. The molecule has 6 heteroatoms. The molecule has 0 fully saturated rings. The monoisotopic (exact) mass is 220 g/mol. The fourth-order valence-corrected chi connectivity index (χ4v) is 1.50. The predicted molar refractivity (Wildman–Crippen MR) is 59.6 cm³/mol. The van der Waals surface area contributed by atoms with Crippen molar-refractivity contribution in [2.24, 2.45) is 14.1 Å². The van der Waals surface area contributed by atoms with Gasteiger partial charge in [0.15, 0.2) is 0 Å². The normalized spacial score (nSPS) is 10.9. The van der Waals surface area contributed by atoms with E-state index in [0.717, 1.165) is 31.2 Å². The van der Waals surface area contributed by atoms with E-state index in [0.29, 0.717) is 0 Å². The highest BCUT2D eigenvalue weighted by Gasteiger charge is 2.01. The molecule has 2 rings (SSSR count). The van der Waals surface area contributed by atoms with Crippen molar-refractivity contribution in [3.63, 3.8) is 0 Å². The van der Waals surface area contributed by atoms with Crippen LogP contribution in [0.15, 0.2) is 18.7 Å². The Bertz CT molecular complexity index is 401. The van der Waals surface area contributed by atoms with E-state index in [9.17, 15) is 0 Å². The van der Waals surface area contributed by atoms with E-state index in [1.54, 1.807) is 12.5 Å². The van der Waals surface area contributed by atoms with Crippen LogP contribution in [0.5, 0.6) is 0 Å². The van der Waals surface area contributed by atoms with Crippen LogP contribution in [0.4, 0.5) is 0 Å². The van der Waals surface area contributed by atoms with E-state index in [1.807, 2.05) is 29.4 Å². The SMILES string of the molecule is Cn1ccnc1CNCCc1nncn1C. The average Bonchev–Trinajstić information content (AvgIpc) is 2.84. The van der Waals surface area contributed by atoms with Crippen molar-refractivity contribution in [3.05, 3.63) is 30.4 Å². The molecule has 0 spiro atoms. The molecule has 1 N–H and O–H groups in total. The molecular formula is C10H16N6. The summed E-state index contributed by atoms with van der Waals surface area (Å²) in [5.74, 6) is 2.03. The van der Waals surface area contributed by atoms with Gasteiger partial charge >= 0.3 is 0 Å². The number of hydrogen-bond donors (Lipinski definition) is 1. The van der Waals surface area contributed by atoms with Crippen LogP contribution in [0.3, 0.4) is 0 Å². The second-order valence-electron chi connectivity index (χ2n) is 3.74. The molecular weight excluding hydrogens is 204 g/mol. The summed E-state index contributed by atoms with van der Waals surface area (Å²) in [5, 5.41) is 11.2. The minimum Gasteiger partial charge on any atom is -0.337 e. The van der Waals surface area contributed by atoms with E-state index < -0.39 is 0 Å². The Morgan fingerprint density at radius 3 is 2.75 bits per heavy atom. The van der Waals surface area contributed by atoms with Gasteiger partial charge in [0, 0.05) is 39.5 Å². The molecule has 0 radical (unpaired) electrons. The first kappa shape index (κ1) is 10.8. The molecule has 86 valence electrons. The van der Waals surface area contributed by atoms with Gasteiger partial charge < -0.3 is 14.5 Å². The summed E-state index contributed by atoms with van der Waals surface area (Å²) in [4.78, 5) is 4.24.